The van der Waals surface area contributed by atoms with Crippen molar-refractivity contribution in [1.82, 2.24) is 10.2 Å². The molecule has 158 valence electrons. The van der Waals surface area contributed by atoms with E-state index in [0.717, 1.165) is 4.90 Å². The van der Waals surface area contributed by atoms with Gasteiger partial charge in [-0.05, 0) is 42.3 Å². The Hall–Kier alpha value is -4.44. The van der Waals surface area contributed by atoms with Gasteiger partial charge in [-0.25, -0.2) is 9.69 Å². The molecule has 0 saturated carbocycles. The lowest BCUT2D eigenvalue weighted by Gasteiger charge is -2.29. The second-order valence-electron chi connectivity index (χ2n) is 7.44. The Morgan fingerprint density at radius 3 is 1.97 bits per heavy atom. The number of hydrogen-bond donors (Lipinski definition) is 2. The molecular formula is C25H20N4O3. The molecule has 1 aliphatic rings. The van der Waals surface area contributed by atoms with E-state index in [0.29, 0.717) is 22.4 Å². The van der Waals surface area contributed by atoms with Gasteiger partial charge >= 0.3 is 6.03 Å². The van der Waals surface area contributed by atoms with E-state index in [2.05, 4.69) is 10.6 Å². The van der Waals surface area contributed by atoms with Gasteiger partial charge in [-0.3, -0.25) is 9.59 Å². The van der Waals surface area contributed by atoms with Gasteiger partial charge < -0.3 is 10.6 Å². The number of nitrogens with one attached hydrogen (secondary N) is 2. The second kappa shape index (κ2) is 8.36. The van der Waals surface area contributed by atoms with Gasteiger partial charge in [0, 0.05) is 5.69 Å². The van der Waals surface area contributed by atoms with Crippen molar-refractivity contribution >= 4 is 23.5 Å². The molecule has 7 heteroatoms. The minimum Gasteiger partial charge on any atom is -0.324 e. The molecule has 0 aromatic heterocycles. The lowest BCUT2D eigenvalue weighted by Crippen LogP contribution is -2.48. The number of carbonyl (C=O) groups excluding carboxylic acids is 3. The van der Waals surface area contributed by atoms with E-state index in [9.17, 15) is 14.4 Å². The van der Waals surface area contributed by atoms with Gasteiger partial charge in [0.1, 0.15) is 6.04 Å². The molecule has 3 aromatic rings. The molecule has 1 atom stereocenters. The monoisotopic (exact) mass is 424 g/mol. The van der Waals surface area contributed by atoms with Crippen LogP contribution >= 0.6 is 0 Å². The number of hydrogen-bond acceptors (Lipinski definition) is 4. The minimum absolute atomic E-state index is 0.459. The van der Waals surface area contributed by atoms with Crippen LogP contribution in [0.4, 0.5) is 10.5 Å². The molecule has 1 saturated heterocycles. The van der Waals surface area contributed by atoms with Gasteiger partial charge in [-0.1, -0.05) is 60.7 Å². The van der Waals surface area contributed by atoms with E-state index in [1.54, 1.807) is 72.8 Å². The lowest BCUT2D eigenvalue weighted by atomic mass is 9.82. The summed E-state index contributed by atoms with van der Waals surface area (Å²) < 4.78 is 0. The zero-order valence-electron chi connectivity index (χ0n) is 17.3. The van der Waals surface area contributed by atoms with Crippen LogP contribution in [0.25, 0.3) is 0 Å². The maximum absolute atomic E-state index is 13.7. The average molecular weight is 424 g/mol. The highest BCUT2D eigenvalue weighted by molar-refractivity contribution is 6.13. The highest BCUT2D eigenvalue weighted by Gasteiger charge is 2.55. The summed E-state index contributed by atoms with van der Waals surface area (Å²) in [4.78, 5) is 40.6. The third-order valence-electron chi connectivity index (χ3n) is 5.51. The first-order valence-electron chi connectivity index (χ1n) is 10.1. The SMILES string of the molecule is C[C@H](C(=O)Nc1ccc(C#N)cc1)N1C(=O)NC(c2ccccc2)(c2ccccc2)C1=O. The molecule has 1 heterocycles. The fraction of sp³-hybridized carbons (Fsp3) is 0.120. The second-order valence-corrected chi connectivity index (χ2v) is 7.44. The van der Waals surface area contributed by atoms with Gasteiger partial charge in [0.05, 0.1) is 11.6 Å². The van der Waals surface area contributed by atoms with Crippen LogP contribution in [0.5, 0.6) is 0 Å². The molecular weight excluding hydrogens is 404 g/mol. The van der Waals surface area contributed by atoms with Crippen molar-refractivity contribution in [3.05, 3.63) is 102 Å². The molecule has 4 amide bonds. The molecule has 7 nitrogen and oxygen atoms in total. The van der Waals surface area contributed by atoms with Gasteiger partial charge in [-0.2, -0.15) is 5.26 Å². The van der Waals surface area contributed by atoms with Crippen molar-refractivity contribution in [1.29, 1.82) is 5.26 Å². The van der Waals surface area contributed by atoms with E-state index >= 15 is 0 Å². The van der Waals surface area contributed by atoms with Crippen LogP contribution < -0.4 is 10.6 Å². The predicted octanol–water partition coefficient (Wildman–Crippen LogP) is 3.38. The third-order valence-corrected chi connectivity index (χ3v) is 5.51. The Morgan fingerprint density at radius 2 is 1.47 bits per heavy atom. The van der Waals surface area contributed by atoms with Gasteiger partial charge in [-0.15, -0.1) is 0 Å². The van der Waals surface area contributed by atoms with Gasteiger partial charge in [0.15, 0.2) is 5.54 Å². The number of carbonyl (C=O) groups is 3. The number of imide groups is 1. The van der Waals surface area contributed by atoms with Gasteiger partial charge in [0.2, 0.25) is 5.91 Å². The first kappa shape index (κ1) is 20.8. The van der Waals surface area contributed by atoms with Crippen molar-refractivity contribution in [3.8, 4) is 6.07 Å². The van der Waals surface area contributed by atoms with Crippen LogP contribution in [0.1, 0.15) is 23.6 Å². The van der Waals surface area contributed by atoms with E-state index in [4.69, 9.17) is 5.26 Å². The molecule has 4 rings (SSSR count). The molecule has 0 aliphatic carbocycles. The predicted molar refractivity (Wildman–Crippen MR) is 118 cm³/mol. The van der Waals surface area contributed by atoms with Crippen molar-refractivity contribution in [2.24, 2.45) is 0 Å². The summed E-state index contributed by atoms with van der Waals surface area (Å²) in [5.41, 5.74) is 0.701. The van der Waals surface area contributed by atoms with E-state index in [1.165, 1.54) is 6.92 Å². The summed E-state index contributed by atoms with van der Waals surface area (Å²) in [6, 6.07) is 24.6. The van der Waals surface area contributed by atoms with Crippen LogP contribution in [0, 0.1) is 11.3 Å². The Balaban J connectivity index is 1.67. The first-order chi connectivity index (χ1) is 15.5. The molecule has 2 N–H and O–H groups in total. The Labute approximate surface area is 185 Å². The largest absolute Gasteiger partial charge is 0.326 e. The van der Waals surface area contributed by atoms with Crippen molar-refractivity contribution in [2.45, 2.75) is 18.5 Å². The van der Waals surface area contributed by atoms with E-state index < -0.39 is 29.4 Å². The minimum atomic E-state index is -1.43. The molecule has 32 heavy (non-hydrogen) atoms. The summed E-state index contributed by atoms with van der Waals surface area (Å²) in [7, 11) is 0. The van der Waals surface area contributed by atoms with Crippen LogP contribution in [-0.4, -0.2) is 28.8 Å². The first-order valence-corrected chi connectivity index (χ1v) is 10.1. The van der Waals surface area contributed by atoms with E-state index in [-0.39, 0.29) is 0 Å². The quantitative estimate of drug-likeness (QED) is 0.613. The number of nitrogens with zero attached hydrogens (tertiary/aromatic N) is 2. The topological polar surface area (TPSA) is 102 Å². The smallest absolute Gasteiger partial charge is 0.324 e. The summed E-state index contributed by atoms with van der Waals surface area (Å²) in [5, 5.41) is 14.4. The molecule has 1 aliphatic heterocycles. The molecule has 0 unspecified atom stereocenters. The van der Waals surface area contributed by atoms with Crippen molar-refractivity contribution in [3.63, 3.8) is 0 Å². The maximum atomic E-state index is 13.7. The van der Waals surface area contributed by atoms with Gasteiger partial charge in [0.25, 0.3) is 5.91 Å². The summed E-state index contributed by atoms with van der Waals surface area (Å²) in [6.07, 6.45) is 0. The van der Waals surface area contributed by atoms with Crippen LogP contribution in [0.15, 0.2) is 84.9 Å². The Morgan fingerprint density at radius 1 is 0.938 bits per heavy atom. The summed E-state index contributed by atoms with van der Waals surface area (Å²) in [6.45, 7) is 1.50. The normalized spacial score (nSPS) is 15.6. The highest BCUT2D eigenvalue weighted by Crippen LogP contribution is 2.36. The number of nitriles is 1. The lowest BCUT2D eigenvalue weighted by molar-refractivity contribution is -0.135. The van der Waals surface area contributed by atoms with Crippen molar-refractivity contribution < 1.29 is 14.4 Å². The Kier molecular flexibility index (Phi) is 5.44. The van der Waals surface area contributed by atoms with Crippen molar-refractivity contribution in [2.75, 3.05) is 5.32 Å². The molecule has 1 fully saturated rings. The van der Waals surface area contributed by atoms with Crippen LogP contribution in [0.3, 0.4) is 0 Å². The third kappa shape index (κ3) is 3.48. The average Bonchev–Trinajstić information content (AvgIpc) is 3.11. The fourth-order valence-electron chi connectivity index (χ4n) is 3.83. The van der Waals surface area contributed by atoms with Crippen LogP contribution in [-0.2, 0) is 15.1 Å². The Bertz CT molecular complexity index is 1160. The number of benzene rings is 3. The van der Waals surface area contributed by atoms with E-state index in [1.807, 2.05) is 18.2 Å². The van der Waals surface area contributed by atoms with Crippen LogP contribution in [0.2, 0.25) is 0 Å². The number of rotatable bonds is 5. The zero-order valence-corrected chi connectivity index (χ0v) is 17.3. The maximum Gasteiger partial charge on any atom is 0.326 e. The number of urea groups is 1. The highest BCUT2D eigenvalue weighted by atomic mass is 16.2. The number of amides is 4. The molecule has 0 bridgehead atoms. The zero-order chi connectivity index (χ0) is 22.7. The standard InChI is InChI=1S/C25H20N4O3/c1-17(22(30)27-21-14-12-18(16-26)13-15-21)29-23(31)25(28-24(29)32,19-8-4-2-5-9-19)20-10-6-3-7-11-20/h2-15,17H,1H3,(H,27,30)(H,28,32)/t17-/m1/s1. The summed E-state index contributed by atoms with van der Waals surface area (Å²) >= 11 is 0. The fourth-order valence-corrected chi connectivity index (χ4v) is 3.83. The molecule has 3 aromatic carbocycles. The summed E-state index contributed by atoms with van der Waals surface area (Å²) in [5.74, 6) is -1.04. The molecule has 0 radical (unpaired) electrons. The molecule has 0 spiro atoms. The number of anilines is 1.